The summed E-state index contributed by atoms with van der Waals surface area (Å²) < 4.78 is 0. The summed E-state index contributed by atoms with van der Waals surface area (Å²) in [5, 5.41) is 2.04. The number of rotatable bonds is 19. The summed E-state index contributed by atoms with van der Waals surface area (Å²) in [4.78, 5) is 31.2. The summed E-state index contributed by atoms with van der Waals surface area (Å²) in [5.74, 6) is 0.110. The van der Waals surface area contributed by atoms with Gasteiger partial charge in [-0.15, -0.1) is 11.3 Å². The maximum absolute atomic E-state index is 13.4. The average molecular weight is 513 g/mol. The van der Waals surface area contributed by atoms with Crippen LogP contribution in [0.3, 0.4) is 0 Å². The van der Waals surface area contributed by atoms with Crippen molar-refractivity contribution >= 4 is 23.2 Å². The van der Waals surface area contributed by atoms with Crippen LogP contribution in [0.1, 0.15) is 108 Å². The van der Waals surface area contributed by atoms with Gasteiger partial charge in [-0.1, -0.05) is 108 Å². The summed E-state index contributed by atoms with van der Waals surface area (Å²) in [7, 11) is 0. The van der Waals surface area contributed by atoms with Crippen molar-refractivity contribution in [3.63, 3.8) is 0 Å². The molecule has 0 fully saturated rings. The van der Waals surface area contributed by atoms with E-state index in [1.165, 1.54) is 57.8 Å². The first-order valence-electron chi connectivity index (χ1n) is 14.1. The molecule has 2 amide bonds. The van der Waals surface area contributed by atoms with Crippen LogP contribution in [-0.2, 0) is 22.7 Å². The Bertz CT molecular complexity index is 836. The number of benzene rings is 1. The Labute approximate surface area is 224 Å². The Balaban J connectivity index is 1.78. The van der Waals surface area contributed by atoms with Gasteiger partial charge in [0.05, 0.1) is 13.1 Å². The van der Waals surface area contributed by atoms with E-state index in [4.69, 9.17) is 0 Å². The smallest absolute Gasteiger partial charge is 0.242 e. The fourth-order valence-electron chi connectivity index (χ4n) is 4.52. The van der Waals surface area contributed by atoms with Crippen molar-refractivity contribution in [2.24, 2.45) is 0 Å². The Morgan fingerprint density at radius 3 is 1.92 bits per heavy atom. The zero-order valence-electron chi connectivity index (χ0n) is 22.9. The molecule has 0 aliphatic heterocycles. The van der Waals surface area contributed by atoms with E-state index in [2.05, 4.69) is 13.0 Å². The van der Waals surface area contributed by atoms with Crippen LogP contribution in [0.4, 0.5) is 0 Å². The number of hydrogen-bond donors (Lipinski definition) is 0. The molecule has 0 radical (unpaired) electrons. The van der Waals surface area contributed by atoms with Crippen molar-refractivity contribution in [1.82, 2.24) is 9.80 Å². The molecule has 200 valence electrons. The minimum atomic E-state index is 0.00763. The highest BCUT2D eigenvalue weighted by Gasteiger charge is 2.23. The molecule has 0 aliphatic carbocycles. The fraction of sp³-hybridized carbons (Fsp3) is 0.613. The van der Waals surface area contributed by atoms with E-state index < -0.39 is 0 Å². The zero-order chi connectivity index (χ0) is 26.0. The van der Waals surface area contributed by atoms with Gasteiger partial charge in [-0.3, -0.25) is 9.59 Å². The standard InChI is InChI=1S/C31H48N2O2S/c1-4-5-6-7-8-9-10-11-12-13-17-22-30(34)33(27(2)3)26-31(35)32(25-29-21-18-23-36-29)24-28-19-15-14-16-20-28/h14-16,18-21,23,27H,4-13,17,22,24-26H2,1-3H3. The van der Waals surface area contributed by atoms with E-state index in [0.717, 1.165) is 23.3 Å². The van der Waals surface area contributed by atoms with Gasteiger partial charge in [-0.2, -0.15) is 0 Å². The molecule has 1 aromatic heterocycles. The molecule has 2 rings (SSSR count). The van der Waals surface area contributed by atoms with Crippen molar-refractivity contribution in [2.75, 3.05) is 6.54 Å². The van der Waals surface area contributed by atoms with Crippen molar-refractivity contribution < 1.29 is 9.59 Å². The van der Waals surface area contributed by atoms with Crippen LogP contribution < -0.4 is 0 Å². The molecule has 0 saturated heterocycles. The topological polar surface area (TPSA) is 40.6 Å². The third-order valence-electron chi connectivity index (χ3n) is 6.74. The molecule has 1 heterocycles. The molecular weight excluding hydrogens is 464 g/mol. The van der Waals surface area contributed by atoms with Crippen LogP contribution in [-0.4, -0.2) is 34.2 Å². The van der Waals surface area contributed by atoms with Crippen molar-refractivity contribution in [3.8, 4) is 0 Å². The lowest BCUT2D eigenvalue weighted by atomic mass is 10.0. The van der Waals surface area contributed by atoms with Crippen molar-refractivity contribution in [3.05, 3.63) is 58.3 Å². The average Bonchev–Trinajstić information content (AvgIpc) is 3.39. The first-order valence-corrected chi connectivity index (χ1v) is 15.0. The van der Waals surface area contributed by atoms with Gasteiger partial charge >= 0.3 is 0 Å². The van der Waals surface area contributed by atoms with Crippen LogP contribution in [0.5, 0.6) is 0 Å². The lowest BCUT2D eigenvalue weighted by Crippen LogP contribution is -2.45. The van der Waals surface area contributed by atoms with Crippen LogP contribution >= 0.6 is 11.3 Å². The Kier molecular flexibility index (Phi) is 15.2. The number of unbranched alkanes of at least 4 members (excludes halogenated alkanes) is 10. The third kappa shape index (κ3) is 12.2. The third-order valence-corrected chi connectivity index (χ3v) is 7.60. The van der Waals surface area contributed by atoms with E-state index in [9.17, 15) is 9.59 Å². The lowest BCUT2D eigenvalue weighted by Gasteiger charge is -2.30. The molecule has 4 nitrogen and oxygen atoms in total. The maximum Gasteiger partial charge on any atom is 0.242 e. The van der Waals surface area contributed by atoms with Crippen LogP contribution in [0.2, 0.25) is 0 Å². The maximum atomic E-state index is 13.4. The molecular formula is C31H48N2O2S. The highest BCUT2D eigenvalue weighted by molar-refractivity contribution is 7.09. The highest BCUT2D eigenvalue weighted by Crippen LogP contribution is 2.17. The Morgan fingerprint density at radius 1 is 0.750 bits per heavy atom. The first-order chi connectivity index (χ1) is 17.5. The lowest BCUT2D eigenvalue weighted by molar-refractivity contribution is -0.142. The summed E-state index contributed by atoms with van der Waals surface area (Å²) in [5.41, 5.74) is 1.10. The monoisotopic (exact) mass is 512 g/mol. The number of thiophene rings is 1. The largest absolute Gasteiger partial charge is 0.332 e. The van der Waals surface area contributed by atoms with E-state index in [1.54, 1.807) is 16.2 Å². The molecule has 36 heavy (non-hydrogen) atoms. The van der Waals surface area contributed by atoms with Crippen LogP contribution in [0.25, 0.3) is 0 Å². The summed E-state index contributed by atoms with van der Waals surface area (Å²) in [6.07, 6.45) is 14.5. The van der Waals surface area contributed by atoms with E-state index in [1.807, 2.05) is 60.5 Å². The van der Waals surface area contributed by atoms with Gasteiger partial charge < -0.3 is 9.80 Å². The van der Waals surface area contributed by atoms with Gasteiger partial charge in [0, 0.05) is 23.9 Å². The molecule has 0 atom stereocenters. The summed E-state index contributed by atoms with van der Waals surface area (Å²) >= 11 is 1.66. The second kappa shape index (κ2) is 18.2. The van der Waals surface area contributed by atoms with Gasteiger partial charge in [0.1, 0.15) is 0 Å². The first kappa shape index (κ1) is 30.1. The minimum Gasteiger partial charge on any atom is -0.332 e. The van der Waals surface area contributed by atoms with Gasteiger partial charge in [-0.25, -0.2) is 0 Å². The number of nitrogens with zero attached hydrogens (tertiary/aromatic N) is 2. The SMILES string of the molecule is CCCCCCCCCCCCCC(=O)N(CC(=O)N(Cc1ccccc1)Cc1cccs1)C(C)C. The molecule has 1 aromatic carbocycles. The summed E-state index contributed by atoms with van der Waals surface area (Å²) in [6, 6.07) is 14.2. The molecule has 0 unspecified atom stereocenters. The van der Waals surface area contributed by atoms with Gasteiger partial charge in [0.2, 0.25) is 11.8 Å². The molecule has 0 aliphatic rings. The number of hydrogen-bond acceptors (Lipinski definition) is 3. The van der Waals surface area contributed by atoms with Crippen LogP contribution in [0, 0.1) is 0 Å². The molecule has 0 bridgehead atoms. The van der Waals surface area contributed by atoms with Crippen LogP contribution in [0.15, 0.2) is 47.8 Å². The predicted molar refractivity (Wildman–Crippen MR) is 153 cm³/mol. The Hall–Kier alpha value is -2.14. The van der Waals surface area contributed by atoms with E-state index in [0.29, 0.717) is 19.5 Å². The number of amides is 2. The van der Waals surface area contributed by atoms with Crippen molar-refractivity contribution in [2.45, 2.75) is 117 Å². The molecule has 0 spiro atoms. The van der Waals surface area contributed by atoms with E-state index >= 15 is 0 Å². The van der Waals surface area contributed by atoms with Gasteiger partial charge in [-0.05, 0) is 37.3 Å². The second-order valence-corrected chi connectivity index (χ2v) is 11.2. The number of carbonyl (C=O) groups is 2. The Morgan fingerprint density at radius 2 is 1.36 bits per heavy atom. The molecule has 5 heteroatoms. The van der Waals surface area contributed by atoms with Gasteiger partial charge in [0.25, 0.3) is 0 Å². The fourth-order valence-corrected chi connectivity index (χ4v) is 5.23. The highest BCUT2D eigenvalue weighted by atomic mass is 32.1. The zero-order valence-corrected chi connectivity index (χ0v) is 23.7. The second-order valence-electron chi connectivity index (χ2n) is 10.2. The normalized spacial score (nSPS) is 11.1. The molecule has 0 saturated carbocycles. The molecule has 0 N–H and O–H groups in total. The minimum absolute atomic E-state index is 0.00763. The van der Waals surface area contributed by atoms with Crippen molar-refractivity contribution in [1.29, 1.82) is 0 Å². The quantitative estimate of drug-likeness (QED) is 0.178. The number of carbonyl (C=O) groups excluding carboxylic acids is 2. The predicted octanol–water partition coefficient (Wildman–Crippen LogP) is 8.22. The van der Waals surface area contributed by atoms with Gasteiger partial charge in [0.15, 0.2) is 0 Å². The summed E-state index contributed by atoms with van der Waals surface area (Å²) in [6.45, 7) is 7.54. The molecule has 2 aromatic rings. The van der Waals surface area contributed by atoms with E-state index in [-0.39, 0.29) is 24.4 Å².